The van der Waals surface area contributed by atoms with E-state index in [0.717, 1.165) is 41.7 Å². The lowest BCUT2D eigenvalue weighted by Crippen LogP contribution is -2.48. The number of carbonyl (C=O) groups excluding carboxylic acids is 2. The third-order valence-electron chi connectivity index (χ3n) is 5.95. The van der Waals surface area contributed by atoms with Crippen LogP contribution < -0.4 is 14.8 Å². The normalized spacial score (nSPS) is 15.1. The van der Waals surface area contributed by atoms with Gasteiger partial charge in [0.2, 0.25) is 6.79 Å². The Hall–Kier alpha value is -3.63. The summed E-state index contributed by atoms with van der Waals surface area (Å²) < 4.78 is 16.0. The van der Waals surface area contributed by atoms with Crippen molar-refractivity contribution in [3.8, 4) is 11.5 Å². The summed E-state index contributed by atoms with van der Waals surface area (Å²) >= 11 is 1.44. The second-order valence-corrected chi connectivity index (χ2v) is 9.29. The van der Waals surface area contributed by atoms with E-state index in [4.69, 9.17) is 14.2 Å². The first kappa shape index (κ1) is 23.1. The van der Waals surface area contributed by atoms with Crippen LogP contribution in [0.15, 0.2) is 54.0 Å². The summed E-state index contributed by atoms with van der Waals surface area (Å²) in [5.74, 6) is 1.61. The second kappa shape index (κ2) is 10.7. The Morgan fingerprint density at radius 2 is 1.77 bits per heavy atom. The number of thiazole rings is 1. The number of hydrogen-bond donors (Lipinski definition) is 1. The first-order valence-corrected chi connectivity index (χ1v) is 12.3. The van der Waals surface area contributed by atoms with E-state index in [2.05, 4.69) is 21.3 Å². The lowest BCUT2D eigenvalue weighted by molar-refractivity contribution is 0.0628. The zero-order valence-corrected chi connectivity index (χ0v) is 20.0. The summed E-state index contributed by atoms with van der Waals surface area (Å²) in [4.78, 5) is 33.1. The van der Waals surface area contributed by atoms with Crippen molar-refractivity contribution >= 4 is 23.3 Å². The minimum absolute atomic E-state index is 0.0232. The van der Waals surface area contributed by atoms with Gasteiger partial charge in [0, 0.05) is 56.4 Å². The number of rotatable bonds is 7. The lowest BCUT2D eigenvalue weighted by Gasteiger charge is -2.34. The van der Waals surface area contributed by atoms with Crippen LogP contribution in [0.25, 0.3) is 0 Å². The van der Waals surface area contributed by atoms with Gasteiger partial charge >= 0.3 is 6.09 Å². The molecule has 0 unspecified atom stereocenters. The van der Waals surface area contributed by atoms with E-state index in [-0.39, 0.29) is 19.3 Å². The van der Waals surface area contributed by atoms with Gasteiger partial charge in [-0.25, -0.2) is 9.78 Å². The van der Waals surface area contributed by atoms with Gasteiger partial charge in [-0.2, -0.15) is 0 Å². The topological polar surface area (TPSA) is 93.2 Å². The number of fused-ring (bicyclic) bond motifs is 1. The van der Waals surface area contributed by atoms with Gasteiger partial charge in [-0.05, 0) is 35.4 Å². The predicted octanol–water partition coefficient (Wildman–Crippen LogP) is 3.26. The third-order valence-corrected chi connectivity index (χ3v) is 6.70. The molecule has 0 aliphatic carbocycles. The molecular weight excluding hydrogens is 468 g/mol. The molecule has 1 aromatic heterocycles. The number of aromatic nitrogens is 1. The number of nitrogens with zero attached hydrogens (tertiary/aromatic N) is 3. The maximum Gasteiger partial charge on any atom is 0.407 e. The zero-order valence-electron chi connectivity index (χ0n) is 19.1. The van der Waals surface area contributed by atoms with Crippen molar-refractivity contribution in [3.05, 3.63) is 75.7 Å². The van der Waals surface area contributed by atoms with Crippen molar-refractivity contribution in [3.63, 3.8) is 0 Å². The zero-order chi connectivity index (χ0) is 24.0. The van der Waals surface area contributed by atoms with Crippen molar-refractivity contribution in [2.24, 2.45) is 0 Å². The van der Waals surface area contributed by atoms with E-state index in [1.54, 1.807) is 18.3 Å². The Bertz CT molecular complexity index is 1160. The lowest BCUT2D eigenvalue weighted by atomic mass is 10.1. The first-order valence-electron chi connectivity index (χ1n) is 11.4. The molecule has 1 saturated heterocycles. The van der Waals surface area contributed by atoms with Gasteiger partial charge in [-0.1, -0.05) is 18.2 Å². The van der Waals surface area contributed by atoms with E-state index in [1.807, 2.05) is 34.5 Å². The third kappa shape index (κ3) is 5.90. The highest BCUT2D eigenvalue weighted by atomic mass is 32.1. The van der Waals surface area contributed by atoms with E-state index in [9.17, 15) is 9.59 Å². The van der Waals surface area contributed by atoms with Crippen molar-refractivity contribution in [2.45, 2.75) is 19.7 Å². The summed E-state index contributed by atoms with van der Waals surface area (Å²) in [7, 11) is 0. The van der Waals surface area contributed by atoms with E-state index >= 15 is 0 Å². The highest BCUT2D eigenvalue weighted by Gasteiger charge is 2.23. The summed E-state index contributed by atoms with van der Waals surface area (Å²) in [6.45, 7) is 4.54. The molecule has 10 heteroatoms. The minimum Gasteiger partial charge on any atom is -0.454 e. The highest BCUT2D eigenvalue weighted by molar-refractivity contribution is 7.09. The molecule has 0 atom stereocenters. The number of alkyl carbamates (subject to hydrolysis) is 1. The van der Waals surface area contributed by atoms with Gasteiger partial charge in [0.1, 0.15) is 11.6 Å². The number of amides is 2. The molecule has 0 saturated carbocycles. The van der Waals surface area contributed by atoms with Crippen LogP contribution in [0.3, 0.4) is 0 Å². The number of carbonyl (C=O) groups is 2. The number of benzene rings is 2. The Balaban J connectivity index is 1.06. The van der Waals surface area contributed by atoms with Crippen LogP contribution in [-0.2, 0) is 24.4 Å². The van der Waals surface area contributed by atoms with Crippen LogP contribution in [0, 0.1) is 0 Å². The van der Waals surface area contributed by atoms with Crippen molar-refractivity contribution < 1.29 is 23.8 Å². The monoisotopic (exact) mass is 494 g/mol. The number of nitrogens with one attached hydrogen (secondary N) is 1. The van der Waals surface area contributed by atoms with Gasteiger partial charge in [0.15, 0.2) is 11.5 Å². The maximum atomic E-state index is 13.0. The molecular formula is C25H26N4O5S. The number of piperazine rings is 1. The average Bonchev–Trinajstić information content (AvgIpc) is 3.58. The van der Waals surface area contributed by atoms with Gasteiger partial charge in [0.05, 0.1) is 0 Å². The van der Waals surface area contributed by atoms with Gasteiger partial charge in [0.25, 0.3) is 5.91 Å². The molecule has 1 fully saturated rings. The molecule has 9 nitrogen and oxygen atoms in total. The number of hydrogen-bond acceptors (Lipinski definition) is 8. The fourth-order valence-electron chi connectivity index (χ4n) is 4.03. The molecule has 0 spiro atoms. The van der Waals surface area contributed by atoms with Crippen molar-refractivity contribution in [1.29, 1.82) is 0 Å². The van der Waals surface area contributed by atoms with Crippen LogP contribution in [0.4, 0.5) is 4.79 Å². The molecule has 35 heavy (non-hydrogen) atoms. The van der Waals surface area contributed by atoms with Crippen LogP contribution in [0.5, 0.6) is 11.5 Å². The molecule has 5 rings (SSSR count). The van der Waals surface area contributed by atoms with Crippen LogP contribution >= 0.6 is 11.3 Å². The molecule has 182 valence electrons. The molecule has 2 amide bonds. The molecule has 3 aromatic rings. The number of ether oxygens (including phenoxy) is 3. The fourth-order valence-corrected chi connectivity index (χ4v) is 4.56. The van der Waals surface area contributed by atoms with Crippen molar-refractivity contribution in [1.82, 2.24) is 20.1 Å². The second-order valence-electron chi connectivity index (χ2n) is 8.31. The van der Waals surface area contributed by atoms with Crippen LogP contribution in [-0.4, -0.2) is 59.8 Å². The summed E-state index contributed by atoms with van der Waals surface area (Å²) in [6, 6.07) is 13.3. The quantitative estimate of drug-likeness (QED) is 0.539. The van der Waals surface area contributed by atoms with Crippen molar-refractivity contribution in [2.75, 3.05) is 33.0 Å². The first-order chi connectivity index (χ1) is 17.1. The van der Waals surface area contributed by atoms with Crippen LogP contribution in [0.2, 0.25) is 0 Å². The van der Waals surface area contributed by atoms with Gasteiger partial charge < -0.3 is 24.4 Å². The summed E-state index contributed by atoms with van der Waals surface area (Å²) in [6.07, 6.45) is 1.17. The minimum atomic E-state index is -0.501. The highest BCUT2D eigenvalue weighted by Crippen LogP contribution is 2.32. The largest absolute Gasteiger partial charge is 0.454 e. The van der Waals surface area contributed by atoms with E-state index in [1.165, 1.54) is 16.9 Å². The molecule has 1 N–H and O–H groups in total. The summed E-state index contributed by atoms with van der Waals surface area (Å²) in [5.41, 5.74) is 2.70. The van der Waals surface area contributed by atoms with Gasteiger partial charge in [-0.3, -0.25) is 9.69 Å². The predicted molar refractivity (Wildman–Crippen MR) is 129 cm³/mol. The Kier molecular flexibility index (Phi) is 7.10. The van der Waals surface area contributed by atoms with E-state index < -0.39 is 6.09 Å². The molecule has 0 bridgehead atoms. The fraction of sp³-hybridized carbons (Fsp3) is 0.320. The molecule has 0 radical (unpaired) electrons. The summed E-state index contributed by atoms with van der Waals surface area (Å²) in [5, 5.41) is 5.29. The Morgan fingerprint density at radius 3 is 2.54 bits per heavy atom. The molecule has 3 heterocycles. The molecule has 2 aliphatic heterocycles. The van der Waals surface area contributed by atoms with Gasteiger partial charge in [-0.15, -0.1) is 11.3 Å². The molecule has 2 aliphatic rings. The standard InChI is InChI=1S/C25H26N4O5S/c30-24(20-4-1-18(2-5-20)14-27-25(31)32-16-23-26-7-12-35-23)29-10-8-28(9-11-29)15-19-3-6-21-22(13-19)34-17-33-21/h1-7,12-13H,8-11,14-17H2,(H,27,31). The average molecular weight is 495 g/mol. The van der Waals surface area contributed by atoms with E-state index in [0.29, 0.717) is 25.2 Å². The smallest absolute Gasteiger partial charge is 0.407 e. The SMILES string of the molecule is O=C(NCc1ccc(C(=O)N2CCN(Cc3ccc4c(c3)OCO4)CC2)cc1)OCc1nccs1. The molecule has 2 aromatic carbocycles. The Labute approximate surface area is 207 Å². The Morgan fingerprint density at radius 1 is 1.00 bits per heavy atom. The maximum absolute atomic E-state index is 13.0. The van der Waals surface area contributed by atoms with Crippen LogP contribution in [0.1, 0.15) is 26.5 Å².